The van der Waals surface area contributed by atoms with Gasteiger partial charge in [-0.2, -0.15) is 0 Å². The van der Waals surface area contributed by atoms with Gasteiger partial charge in [0.2, 0.25) is 11.8 Å². The Labute approximate surface area is 159 Å². The molecule has 1 N–H and O–H groups in total. The van der Waals surface area contributed by atoms with E-state index >= 15 is 0 Å². The molecule has 2 amide bonds. The van der Waals surface area contributed by atoms with E-state index in [0.29, 0.717) is 12.0 Å². The van der Waals surface area contributed by atoms with Gasteiger partial charge < -0.3 is 15.0 Å². The SMILES string of the molecule is C=C(C)C1N(CC(=O)OC(C)(C)C)C(=O)CCC12C(=O)Nc1ccccc12. The third-order valence-electron chi connectivity index (χ3n) is 5.08. The molecule has 144 valence electrons. The minimum Gasteiger partial charge on any atom is -0.459 e. The number of piperidine rings is 1. The Bertz CT molecular complexity index is 824. The standard InChI is InChI=1S/C21H26N2O4/c1-13(2)18-21(14-8-6-7-9-15(14)22-19(21)26)11-10-16(24)23(18)12-17(25)27-20(3,4)5/h6-9,18H,1,10-12H2,2-5H3,(H,22,26). The van der Waals surface area contributed by atoms with Gasteiger partial charge in [-0.25, -0.2) is 0 Å². The number of hydrogen-bond acceptors (Lipinski definition) is 4. The summed E-state index contributed by atoms with van der Waals surface area (Å²) in [6, 6.07) is 6.90. The van der Waals surface area contributed by atoms with E-state index in [1.807, 2.05) is 24.3 Å². The summed E-state index contributed by atoms with van der Waals surface area (Å²) >= 11 is 0. The first kappa shape index (κ1) is 19.1. The summed E-state index contributed by atoms with van der Waals surface area (Å²) in [4.78, 5) is 39.7. The number of fused-ring (bicyclic) bond motifs is 2. The van der Waals surface area contributed by atoms with Crippen LogP contribution in [-0.4, -0.2) is 40.9 Å². The summed E-state index contributed by atoms with van der Waals surface area (Å²) in [6.07, 6.45) is 0.575. The van der Waals surface area contributed by atoms with E-state index in [0.717, 1.165) is 11.3 Å². The highest BCUT2D eigenvalue weighted by Gasteiger charge is 2.57. The molecule has 0 radical (unpaired) electrons. The lowest BCUT2D eigenvalue weighted by Crippen LogP contribution is -2.61. The molecule has 2 unspecified atom stereocenters. The molecule has 0 aliphatic carbocycles. The van der Waals surface area contributed by atoms with E-state index in [4.69, 9.17) is 4.74 Å². The first-order valence-corrected chi connectivity index (χ1v) is 9.14. The Morgan fingerprint density at radius 1 is 1.33 bits per heavy atom. The Hall–Kier alpha value is -2.63. The van der Waals surface area contributed by atoms with Crippen molar-refractivity contribution in [2.24, 2.45) is 0 Å². The van der Waals surface area contributed by atoms with Gasteiger partial charge in [0.05, 0.1) is 6.04 Å². The maximum absolute atomic E-state index is 13.1. The zero-order valence-electron chi connectivity index (χ0n) is 16.3. The van der Waals surface area contributed by atoms with Crippen molar-refractivity contribution in [1.82, 2.24) is 4.90 Å². The van der Waals surface area contributed by atoms with E-state index in [1.54, 1.807) is 27.7 Å². The molecular weight excluding hydrogens is 344 g/mol. The monoisotopic (exact) mass is 370 g/mol. The third-order valence-corrected chi connectivity index (χ3v) is 5.08. The Balaban J connectivity index is 2.03. The second-order valence-electron chi connectivity index (χ2n) is 8.33. The summed E-state index contributed by atoms with van der Waals surface area (Å²) in [5.41, 5.74) is 0.686. The van der Waals surface area contributed by atoms with Gasteiger partial charge in [0.1, 0.15) is 17.6 Å². The molecule has 1 aromatic carbocycles. The van der Waals surface area contributed by atoms with Crippen molar-refractivity contribution in [2.45, 2.75) is 57.6 Å². The van der Waals surface area contributed by atoms with Crippen LogP contribution in [0.25, 0.3) is 0 Å². The second-order valence-corrected chi connectivity index (χ2v) is 8.33. The summed E-state index contributed by atoms with van der Waals surface area (Å²) < 4.78 is 5.40. The minimum absolute atomic E-state index is 0.154. The summed E-state index contributed by atoms with van der Waals surface area (Å²) in [6.45, 7) is 11.0. The molecule has 2 atom stereocenters. The molecular formula is C21H26N2O4. The van der Waals surface area contributed by atoms with E-state index in [1.165, 1.54) is 4.90 Å². The van der Waals surface area contributed by atoms with Crippen molar-refractivity contribution in [2.75, 3.05) is 11.9 Å². The Morgan fingerprint density at radius 2 is 2.00 bits per heavy atom. The van der Waals surface area contributed by atoms with Gasteiger partial charge in [0.25, 0.3) is 0 Å². The number of esters is 1. The topological polar surface area (TPSA) is 75.7 Å². The molecule has 2 aliphatic rings. The van der Waals surface area contributed by atoms with Gasteiger partial charge in [-0.1, -0.05) is 30.4 Å². The number of rotatable bonds is 3. The van der Waals surface area contributed by atoms with Gasteiger partial charge >= 0.3 is 5.97 Å². The molecule has 0 bridgehead atoms. The van der Waals surface area contributed by atoms with Crippen molar-refractivity contribution >= 4 is 23.5 Å². The number of amides is 2. The smallest absolute Gasteiger partial charge is 0.326 e. The van der Waals surface area contributed by atoms with E-state index in [9.17, 15) is 14.4 Å². The Morgan fingerprint density at radius 3 is 2.63 bits per heavy atom. The molecule has 3 rings (SSSR count). The number of likely N-dealkylation sites (tertiary alicyclic amines) is 1. The predicted octanol–water partition coefficient (Wildman–Crippen LogP) is 2.79. The average Bonchev–Trinajstić information content (AvgIpc) is 2.81. The molecule has 0 aromatic heterocycles. The van der Waals surface area contributed by atoms with Crippen LogP contribution >= 0.6 is 0 Å². The lowest BCUT2D eigenvalue weighted by atomic mass is 9.67. The van der Waals surface area contributed by atoms with Crippen LogP contribution in [0.2, 0.25) is 0 Å². The van der Waals surface area contributed by atoms with Gasteiger partial charge in [-0.3, -0.25) is 14.4 Å². The second kappa shape index (κ2) is 6.51. The summed E-state index contributed by atoms with van der Waals surface area (Å²) in [7, 11) is 0. The van der Waals surface area contributed by atoms with Gasteiger partial charge in [-0.05, 0) is 45.7 Å². The van der Waals surface area contributed by atoms with Crippen molar-refractivity contribution in [1.29, 1.82) is 0 Å². The number of hydrogen-bond donors (Lipinski definition) is 1. The molecule has 1 saturated heterocycles. The lowest BCUT2D eigenvalue weighted by Gasteiger charge is -2.47. The number of anilines is 1. The first-order chi connectivity index (χ1) is 12.6. The molecule has 6 heteroatoms. The van der Waals surface area contributed by atoms with Crippen LogP contribution in [0, 0.1) is 0 Å². The van der Waals surface area contributed by atoms with Crippen LogP contribution in [0.15, 0.2) is 36.4 Å². The lowest BCUT2D eigenvalue weighted by molar-refractivity contribution is -0.162. The van der Waals surface area contributed by atoms with E-state index in [2.05, 4.69) is 11.9 Å². The zero-order valence-corrected chi connectivity index (χ0v) is 16.3. The molecule has 27 heavy (non-hydrogen) atoms. The summed E-state index contributed by atoms with van der Waals surface area (Å²) in [5.74, 6) is -0.819. The quantitative estimate of drug-likeness (QED) is 0.656. The van der Waals surface area contributed by atoms with Crippen LogP contribution in [0.4, 0.5) is 5.69 Å². The molecule has 2 heterocycles. The molecule has 2 aliphatic heterocycles. The highest BCUT2D eigenvalue weighted by molar-refractivity contribution is 6.08. The zero-order chi connectivity index (χ0) is 20.0. The van der Waals surface area contributed by atoms with Crippen LogP contribution < -0.4 is 5.32 Å². The maximum atomic E-state index is 13.1. The number of ether oxygens (including phenoxy) is 1. The number of nitrogens with zero attached hydrogens (tertiary/aromatic N) is 1. The predicted molar refractivity (Wildman–Crippen MR) is 102 cm³/mol. The highest BCUT2D eigenvalue weighted by Crippen LogP contribution is 2.49. The van der Waals surface area contributed by atoms with Gasteiger partial charge in [-0.15, -0.1) is 0 Å². The first-order valence-electron chi connectivity index (χ1n) is 9.14. The van der Waals surface area contributed by atoms with Crippen molar-refractivity contribution in [3.63, 3.8) is 0 Å². The summed E-state index contributed by atoms with van der Waals surface area (Å²) in [5, 5.41) is 2.94. The average molecular weight is 370 g/mol. The highest BCUT2D eigenvalue weighted by atomic mass is 16.6. The molecule has 0 saturated carbocycles. The van der Waals surface area contributed by atoms with Crippen LogP contribution in [-0.2, 0) is 24.5 Å². The maximum Gasteiger partial charge on any atom is 0.326 e. The number of para-hydroxylation sites is 1. The largest absolute Gasteiger partial charge is 0.459 e. The Kier molecular flexibility index (Phi) is 4.62. The molecule has 1 aromatic rings. The van der Waals surface area contributed by atoms with Gasteiger partial charge in [0.15, 0.2) is 0 Å². The fourth-order valence-electron chi connectivity index (χ4n) is 4.23. The molecule has 6 nitrogen and oxygen atoms in total. The van der Waals surface area contributed by atoms with Crippen LogP contribution in [0.1, 0.15) is 46.1 Å². The van der Waals surface area contributed by atoms with Crippen molar-refractivity contribution < 1.29 is 19.1 Å². The fraction of sp³-hybridized carbons (Fsp3) is 0.476. The number of carbonyl (C=O) groups is 3. The minimum atomic E-state index is -0.932. The molecule has 1 spiro atoms. The molecule has 1 fully saturated rings. The van der Waals surface area contributed by atoms with Crippen LogP contribution in [0.3, 0.4) is 0 Å². The number of nitrogens with one attached hydrogen (secondary N) is 1. The van der Waals surface area contributed by atoms with Gasteiger partial charge in [0, 0.05) is 12.1 Å². The fourth-order valence-corrected chi connectivity index (χ4v) is 4.23. The van der Waals surface area contributed by atoms with Crippen LogP contribution in [0.5, 0.6) is 0 Å². The third kappa shape index (κ3) is 3.24. The van der Waals surface area contributed by atoms with E-state index in [-0.39, 0.29) is 24.8 Å². The number of carbonyl (C=O) groups excluding carboxylic acids is 3. The number of benzene rings is 1. The van der Waals surface area contributed by atoms with Crippen molar-refractivity contribution in [3.05, 3.63) is 42.0 Å². The van der Waals surface area contributed by atoms with E-state index < -0.39 is 23.0 Å². The normalized spacial score (nSPS) is 24.6. The van der Waals surface area contributed by atoms with Crippen molar-refractivity contribution in [3.8, 4) is 0 Å².